The van der Waals surface area contributed by atoms with Crippen LogP contribution in [0.4, 0.5) is 4.39 Å². The minimum absolute atomic E-state index is 0.175. The monoisotopic (exact) mass is 376 g/mol. The van der Waals surface area contributed by atoms with Gasteiger partial charge in [0, 0.05) is 10.5 Å². The molecule has 26 heavy (non-hydrogen) atoms. The minimum Gasteiger partial charge on any atom is -0.496 e. The van der Waals surface area contributed by atoms with Crippen molar-refractivity contribution >= 4 is 11.8 Å². The van der Waals surface area contributed by atoms with E-state index < -0.39 is 0 Å². The summed E-state index contributed by atoms with van der Waals surface area (Å²) in [6.07, 6.45) is 4.56. The second kappa shape index (κ2) is 10.5. The van der Waals surface area contributed by atoms with E-state index in [1.807, 2.05) is 19.1 Å². The molecule has 0 N–H and O–H groups in total. The van der Waals surface area contributed by atoms with Crippen LogP contribution < -0.4 is 9.47 Å². The van der Waals surface area contributed by atoms with E-state index in [0.717, 1.165) is 47.2 Å². The number of benzene rings is 2. The molecule has 0 heterocycles. The van der Waals surface area contributed by atoms with Gasteiger partial charge in [-0.3, -0.25) is 0 Å². The van der Waals surface area contributed by atoms with Gasteiger partial charge >= 0.3 is 0 Å². The van der Waals surface area contributed by atoms with Gasteiger partial charge in [-0.15, -0.1) is 11.8 Å². The van der Waals surface area contributed by atoms with E-state index in [1.165, 1.54) is 36.1 Å². The lowest BCUT2D eigenvalue weighted by Crippen LogP contribution is -2.03. The molecule has 142 valence electrons. The Labute approximate surface area is 161 Å². The highest BCUT2D eigenvalue weighted by Crippen LogP contribution is 2.33. The van der Waals surface area contributed by atoms with Crippen molar-refractivity contribution in [3.05, 3.63) is 52.8 Å². The lowest BCUT2D eigenvalue weighted by atomic mass is 10.0. The Morgan fingerprint density at radius 1 is 0.923 bits per heavy atom. The van der Waals surface area contributed by atoms with Gasteiger partial charge in [0.15, 0.2) is 0 Å². The van der Waals surface area contributed by atoms with Crippen LogP contribution in [0.15, 0.2) is 35.2 Å². The maximum Gasteiger partial charge on any atom is 0.129 e. The number of methoxy groups -OCH3 is 1. The third-order valence-corrected chi connectivity index (χ3v) is 5.68. The largest absolute Gasteiger partial charge is 0.496 e. The molecular weight excluding hydrogens is 347 g/mol. The van der Waals surface area contributed by atoms with Gasteiger partial charge in [-0.2, -0.15) is 0 Å². The standard InChI is InChI=1S/C22H29FO2S/c1-16-15-21(24-4)18(3)22(17(16)2)25-13-7-5-6-8-14-26-20-11-9-19(23)10-12-20/h9-12,15H,5-8,13-14H2,1-4H3. The summed E-state index contributed by atoms with van der Waals surface area (Å²) in [6.45, 7) is 6.97. The SMILES string of the molecule is COc1cc(C)c(C)c(OCCCCCCSc2ccc(F)cc2)c1C. The summed E-state index contributed by atoms with van der Waals surface area (Å²) in [5.74, 6) is 2.75. The number of hydrogen-bond donors (Lipinski definition) is 0. The Morgan fingerprint density at radius 2 is 1.62 bits per heavy atom. The molecular formula is C22H29FO2S. The highest BCUT2D eigenvalue weighted by molar-refractivity contribution is 7.99. The second-order valence-corrected chi connectivity index (χ2v) is 7.71. The molecule has 0 saturated carbocycles. The van der Waals surface area contributed by atoms with Gasteiger partial charge in [-0.25, -0.2) is 4.39 Å². The Hall–Kier alpha value is -1.68. The topological polar surface area (TPSA) is 18.5 Å². The quantitative estimate of drug-likeness (QED) is 0.349. The van der Waals surface area contributed by atoms with Gasteiger partial charge in [0.2, 0.25) is 0 Å². The first-order valence-electron chi connectivity index (χ1n) is 9.19. The number of ether oxygens (including phenoxy) is 2. The van der Waals surface area contributed by atoms with Crippen molar-refractivity contribution in [2.24, 2.45) is 0 Å². The number of aryl methyl sites for hydroxylation is 1. The number of hydrogen-bond acceptors (Lipinski definition) is 3. The third kappa shape index (κ3) is 5.94. The van der Waals surface area contributed by atoms with Crippen molar-refractivity contribution in [1.82, 2.24) is 0 Å². The highest BCUT2D eigenvalue weighted by Gasteiger charge is 2.12. The van der Waals surface area contributed by atoms with Crippen molar-refractivity contribution in [3.8, 4) is 11.5 Å². The van der Waals surface area contributed by atoms with E-state index in [0.29, 0.717) is 0 Å². The number of thioether (sulfide) groups is 1. The molecule has 0 radical (unpaired) electrons. The molecule has 0 aliphatic rings. The smallest absolute Gasteiger partial charge is 0.129 e. The van der Waals surface area contributed by atoms with Crippen LogP contribution in [0.3, 0.4) is 0 Å². The molecule has 0 aliphatic carbocycles. The first kappa shape index (κ1) is 20.6. The van der Waals surface area contributed by atoms with Crippen molar-refractivity contribution in [3.63, 3.8) is 0 Å². The summed E-state index contributed by atoms with van der Waals surface area (Å²) in [7, 11) is 1.70. The van der Waals surface area contributed by atoms with Crippen LogP contribution in [0.1, 0.15) is 42.4 Å². The van der Waals surface area contributed by atoms with E-state index in [-0.39, 0.29) is 5.82 Å². The summed E-state index contributed by atoms with van der Waals surface area (Å²) >= 11 is 1.79. The van der Waals surface area contributed by atoms with Crippen molar-refractivity contribution < 1.29 is 13.9 Å². The van der Waals surface area contributed by atoms with E-state index in [2.05, 4.69) is 19.9 Å². The van der Waals surface area contributed by atoms with Crippen LogP contribution in [0.25, 0.3) is 0 Å². The second-order valence-electron chi connectivity index (χ2n) is 6.54. The zero-order valence-corrected chi connectivity index (χ0v) is 17.0. The molecule has 2 aromatic carbocycles. The average molecular weight is 377 g/mol. The van der Waals surface area contributed by atoms with E-state index in [9.17, 15) is 4.39 Å². The molecule has 0 aliphatic heterocycles. The zero-order valence-electron chi connectivity index (χ0n) is 16.2. The number of rotatable bonds is 10. The average Bonchev–Trinajstić information content (AvgIpc) is 2.64. The molecule has 0 unspecified atom stereocenters. The molecule has 0 aromatic heterocycles. The molecule has 4 heteroatoms. The van der Waals surface area contributed by atoms with Crippen LogP contribution in [0, 0.1) is 26.6 Å². The minimum atomic E-state index is -0.175. The van der Waals surface area contributed by atoms with Gasteiger partial charge in [-0.05, 0) is 80.8 Å². The maximum absolute atomic E-state index is 12.9. The Balaban J connectivity index is 1.65. The van der Waals surface area contributed by atoms with Crippen LogP contribution in [0.2, 0.25) is 0 Å². The molecule has 0 spiro atoms. The summed E-state index contributed by atoms with van der Waals surface area (Å²) in [6, 6.07) is 8.79. The maximum atomic E-state index is 12.9. The van der Waals surface area contributed by atoms with Crippen LogP contribution in [0.5, 0.6) is 11.5 Å². The lowest BCUT2D eigenvalue weighted by molar-refractivity contribution is 0.298. The fourth-order valence-electron chi connectivity index (χ4n) is 2.87. The third-order valence-electron chi connectivity index (χ3n) is 4.58. The molecule has 0 fully saturated rings. The summed E-state index contributed by atoms with van der Waals surface area (Å²) in [4.78, 5) is 1.13. The van der Waals surface area contributed by atoms with Gasteiger partial charge < -0.3 is 9.47 Å². The first-order valence-corrected chi connectivity index (χ1v) is 10.2. The summed E-state index contributed by atoms with van der Waals surface area (Å²) in [5, 5.41) is 0. The van der Waals surface area contributed by atoms with E-state index in [1.54, 1.807) is 18.9 Å². The Kier molecular flexibility index (Phi) is 8.30. The predicted molar refractivity (Wildman–Crippen MR) is 108 cm³/mol. The van der Waals surface area contributed by atoms with Crippen molar-refractivity contribution in [2.75, 3.05) is 19.5 Å². The molecule has 0 saturated heterocycles. The molecule has 2 rings (SSSR count). The van der Waals surface area contributed by atoms with Gasteiger partial charge in [0.1, 0.15) is 17.3 Å². The van der Waals surface area contributed by atoms with Crippen LogP contribution in [-0.2, 0) is 0 Å². The predicted octanol–water partition coefficient (Wildman–Crippen LogP) is 6.49. The number of unbranched alkanes of at least 4 members (excludes halogenated alkanes) is 3. The van der Waals surface area contributed by atoms with Gasteiger partial charge in [0.25, 0.3) is 0 Å². The van der Waals surface area contributed by atoms with Crippen molar-refractivity contribution in [1.29, 1.82) is 0 Å². The normalized spacial score (nSPS) is 10.8. The molecule has 0 atom stereocenters. The van der Waals surface area contributed by atoms with E-state index >= 15 is 0 Å². The molecule has 2 aromatic rings. The fraction of sp³-hybridized carbons (Fsp3) is 0.455. The number of halogens is 1. The molecule has 2 nitrogen and oxygen atoms in total. The van der Waals surface area contributed by atoms with Gasteiger partial charge in [0.05, 0.1) is 13.7 Å². The molecule has 0 amide bonds. The van der Waals surface area contributed by atoms with Crippen molar-refractivity contribution in [2.45, 2.75) is 51.3 Å². The Morgan fingerprint density at radius 3 is 2.31 bits per heavy atom. The molecule has 0 bridgehead atoms. The summed E-state index contributed by atoms with van der Waals surface area (Å²) < 4.78 is 24.3. The van der Waals surface area contributed by atoms with Crippen LogP contribution >= 0.6 is 11.8 Å². The lowest BCUT2D eigenvalue weighted by Gasteiger charge is -2.17. The van der Waals surface area contributed by atoms with Crippen LogP contribution in [-0.4, -0.2) is 19.5 Å². The highest BCUT2D eigenvalue weighted by atomic mass is 32.2. The van der Waals surface area contributed by atoms with Gasteiger partial charge in [-0.1, -0.05) is 12.8 Å². The van der Waals surface area contributed by atoms with E-state index in [4.69, 9.17) is 9.47 Å². The Bertz CT molecular complexity index is 698. The zero-order chi connectivity index (χ0) is 18.9. The fourth-order valence-corrected chi connectivity index (χ4v) is 3.78. The first-order chi connectivity index (χ1) is 12.5. The summed E-state index contributed by atoms with van der Waals surface area (Å²) in [5.41, 5.74) is 3.46.